The zero-order valence-corrected chi connectivity index (χ0v) is 18.8. The van der Waals surface area contributed by atoms with Gasteiger partial charge >= 0.3 is 0 Å². The molecule has 1 amide bonds. The maximum atomic E-state index is 14.9. The highest BCUT2D eigenvalue weighted by atomic mass is 19.2. The molecule has 176 valence electrons. The number of amides is 1. The van der Waals surface area contributed by atoms with Gasteiger partial charge in [-0.05, 0) is 50.1 Å². The molecule has 0 bridgehead atoms. The van der Waals surface area contributed by atoms with Gasteiger partial charge in [0.05, 0.1) is 28.5 Å². The molecule has 3 heterocycles. The van der Waals surface area contributed by atoms with Crippen molar-refractivity contribution in [2.45, 2.75) is 38.8 Å². The number of hydrogen-bond donors (Lipinski definition) is 1. The van der Waals surface area contributed by atoms with E-state index in [1.54, 1.807) is 37.2 Å². The van der Waals surface area contributed by atoms with Gasteiger partial charge in [-0.1, -0.05) is 6.92 Å². The largest absolute Gasteiger partial charge is 0.360 e. The van der Waals surface area contributed by atoms with Crippen molar-refractivity contribution in [3.63, 3.8) is 0 Å². The summed E-state index contributed by atoms with van der Waals surface area (Å²) < 4.78 is 57.8. The topological polar surface area (TPSA) is 53.9 Å². The Bertz CT molecular complexity index is 1420. The number of benzene rings is 2. The van der Waals surface area contributed by atoms with Gasteiger partial charge in [0.15, 0.2) is 17.5 Å². The first-order chi connectivity index (χ1) is 16.2. The van der Waals surface area contributed by atoms with Crippen molar-refractivity contribution < 1.29 is 22.4 Å². The Morgan fingerprint density at radius 3 is 2.50 bits per heavy atom. The fourth-order valence-electron chi connectivity index (χ4n) is 5.08. The lowest BCUT2D eigenvalue weighted by molar-refractivity contribution is 0.0543. The number of carbonyl (C=O) groups is 1. The molecule has 2 aromatic heterocycles. The highest BCUT2D eigenvalue weighted by Crippen LogP contribution is 2.40. The second-order valence-electron chi connectivity index (χ2n) is 8.61. The lowest BCUT2D eigenvalue weighted by Gasteiger charge is -2.40. The Kier molecular flexibility index (Phi) is 5.22. The van der Waals surface area contributed by atoms with E-state index in [0.717, 1.165) is 23.1 Å². The Balaban J connectivity index is 1.62. The van der Waals surface area contributed by atoms with Gasteiger partial charge in [0, 0.05) is 35.8 Å². The lowest BCUT2D eigenvalue weighted by Crippen LogP contribution is -2.46. The molecule has 5 rings (SSSR count). The average Bonchev–Trinajstić information content (AvgIpc) is 3.40. The maximum Gasteiger partial charge on any atom is 0.259 e. The van der Waals surface area contributed by atoms with Gasteiger partial charge < -0.3 is 9.88 Å². The number of H-pyrrole nitrogens is 1. The van der Waals surface area contributed by atoms with Gasteiger partial charge in [-0.3, -0.25) is 9.48 Å². The number of nitrogens with one attached hydrogen (secondary N) is 1. The molecule has 34 heavy (non-hydrogen) atoms. The van der Waals surface area contributed by atoms with Crippen LogP contribution in [0.5, 0.6) is 0 Å². The third-order valence-corrected chi connectivity index (χ3v) is 6.68. The van der Waals surface area contributed by atoms with Crippen LogP contribution in [0.15, 0.2) is 36.5 Å². The van der Waals surface area contributed by atoms with E-state index in [9.17, 15) is 22.4 Å². The molecule has 0 radical (unpaired) electrons. The number of aryl methyl sites for hydroxylation is 1. The van der Waals surface area contributed by atoms with E-state index >= 15 is 0 Å². The quantitative estimate of drug-likeness (QED) is 0.310. The second kappa shape index (κ2) is 8.00. The van der Waals surface area contributed by atoms with Crippen LogP contribution in [0.4, 0.5) is 17.6 Å². The smallest absolute Gasteiger partial charge is 0.259 e. The molecular weight excluding hydrogens is 448 g/mol. The highest BCUT2D eigenvalue weighted by Gasteiger charge is 2.40. The van der Waals surface area contributed by atoms with Crippen molar-refractivity contribution >= 4 is 16.8 Å². The van der Waals surface area contributed by atoms with Crippen LogP contribution in [0.25, 0.3) is 22.2 Å². The minimum absolute atomic E-state index is 0.0323. The minimum Gasteiger partial charge on any atom is -0.360 e. The number of hydrogen-bond acceptors (Lipinski definition) is 2. The molecule has 2 atom stereocenters. The van der Waals surface area contributed by atoms with Gasteiger partial charge in [0.1, 0.15) is 5.82 Å². The van der Waals surface area contributed by atoms with Crippen LogP contribution in [0.2, 0.25) is 0 Å². The van der Waals surface area contributed by atoms with Crippen LogP contribution < -0.4 is 0 Å². The van der Waals surface area contributed by atoms with Crippen molar-refractivity contribution in [1.29, 1.82) is 0 Å². The summed E-state index contributed by atoms with van der Waals surface area (Å²) in [5, 5.41) is 5.27. The van der Waals surface area contributed by atoms with Crippen molar-refractivity contribution in [1.82, 2.24) is 19.7 Å². The molecule has 1 N–H and O–H groups in total. The first-order valence-electron chi connectivity index (χ1n) is 11.0. The molecule has 1 aliphatic heterocycles. The molecule has 0 spiro atoms. The number of aromatic nitrogens is 3. The summed E-state index contributed by atoms with van der Waals surface area (Å²) in [4.78, 5) is 18.3. The molecule has 0 aliphatic carbocycles. The van der Waals surface area contributed by atoms with E-state index in [0.29, 0.717) is 29.7 Å². The molecule has 2 unspecified atom stereocenters. The summed E-state index contributed by atoms with van der Waals surface area (Å²) in [7, 11) is 1.63. The summed E-state index contributed by atoms with van der Waals surface area (Å²) in [6, 6.07) is 5.71. The van der Waals surface area contributed by atoms with Gasteiger partial charge in [0.2, 0.25) is 0 Å². The van der Waals surface area contributed by atoms with Crippen LogP contribution in [-0.2, 0) is 13.5 Å². The summed E-state index contributed by atoms with van der Waals surface area (Å²) in [5.41, 5.74) is 2.31. The van der Waals surface area contributed by atoms with E-state index in [-0.39, 0.29) is 17.2 Å². The van der Waals surface area contributed by atoms with Crippen molar-refractivity contribution in [2.75, 3.05) is 0 Å². The Morgan fingerprint density at radius 2 is 1.82 bits per heavy atom. The maximum absolute atomic E-state index is 14.9. The van der Waals surface area contributed by atoms with Crippen LogP contribution in [0.3, 0.4) is 0 Å². The lowest BCUT2D eigenvalue weighted by atomic mass is 9.88. The molecule has 0 saturated carbocycles. The van der Waals surface area contributed by atoms with Crippen LogP contribution in [-0.4, -0.2) is 31.6 Å². The van der Waals surface area contributed by atoms with E-state index in [4.69, 9.17) is 0 Å². The minimum atomic E-state index is -1.53. The van der Waals surface area contributed by atoms with Gasteiger partial charge in [-0.15, -0.1) is 0 Å². The Morgan fingerprint density at radius 1 is 1.12 bits per heavy atom. The molecule has 9 heteroatoms. The predicted molar refractivity (Wildman–Crippen MR) is 119 cm³/mol. The number of rotatable bonds is 3. The van der Waals surface area contributed by atoms with E-state index in [1.807, 2.05) is 6.92 Å². The summed E-state index contributed by atoms with van der Waals surface area (Å²) in [5.74, 6) is -5.18. The molecule has 0 saturated heterocycles. The van der Waals surface area contributed by atoms with Crippen LogP contribution >= 0.6 is 0 Å². The summed E-state index contributed by atoms with van der Waals surface area (Å²) >= 11 is 0. The van der Waals surface area contributed by atoms with Crippen molar-refractivity contribution in [3.8, 4) is 11.3 Å². The molecular formula is C25H22F4N4O. The number of carbonyl (C=O) groups excluding carboxylic acids is 1. The Hall–Kier alpha value is -3.62. The standard InChI is InChI=1S/C25H22F4N4O/c1-4-15-11-16-22(31-32(3)24(16)14-9-18(27)21(29)19(28)10-14)12(2)33(15)25(34)20-17(26)6-5-13-7-8-30-23(13)20/h5-10,12,15,30H,4,11H2,1-3H3. The summed E-state index contributed by atoms with van der Waals surface area (Å²) in [6.07, 6.45) is 2.58. The molecule has 4 aromatic rings. The molecule has 2 aromatic carbocycles. The Labute approximate surface area is 193 Å². The summed E-state index contributed by atoms with van der Waals surface area (Å²) in [6.45, 7) is 3.72. The van der Waals surface area contributed by atoms with Gasteiger partial charge in [-0.2, -0.15) is 5.10 Å². The predicted octanol–water partition coefficient (Wildman–Crippen LogP) is 5.66. The van der Waals surface area contributed by atoms with Crippen LogP contribution in [0, 0.1) is 23.3 Å². The first-order valence-corrected chi connectivity index (χ1v) is 11.0. The van der Waals surface area contributed by atoms with Gasteiger partial charge in [-0.25, -0.2) is 17.6 Å². The highest BCUT2D eigenvalue weighted by molar-refractivity contribution is 6.06. The monoisotopic (exact) mass is 470 g/mol. The third kappa shape index (κ3) is 3.21. The van der Waals surface area contributed by atoms with Gasteiger partial charge in [0.25, 0.3) is 5.91 Å². The zero-order chi connectivity index (χ0) is 24.3. The number of halogens is 4. The fraction of sp³-hybridized carbons (Fsp3) is 0.280. The van der Waals surface area contributed by atoms with Crippen LogP contribution in [0.1, 0.15) is 47.9 Å². The van der Waals surface area contributed by atoms with Crippen molar-refractivity contribution in [2.24, 2.45) is 7.05 Å². The zero-order valence-electron chi connectivity index (χ0n) is 18.8. The van der Waals surface area contributed by atoms with E-state index < -0.39 is 35.2 Å². The number of aromatic amines is 1. The number of fused-ring (bicyclic) bond motifs is 2. The van der Waals surface area contributed by atoms with E-state index in [1.165, 1.54) is 10.7 Å². The molecule has 1 aliphatic rings. The second-order valence-corrected chi connectivity index (χ2v) is 8.61. The third-order valence-electron chi connectivity index (χ3n) is 6.68. The van der Waals surface area contributed by atoms with E-state index in [2.05, 4.69) is 10.1 Å². The molecule has 0 fully saturated rings. The molecule has 5 nitrogen and oxygen atoms in total. The first kappa shape index (κ1) is 22.2. The SMILES string of the molecule is CCC1Cc2c(nn(C)c2-c2cc(F)c(F)c(F)c2)C(C)N1C(=O)c1c(F)ccc2cc[nH]c12. The normalized spacial score (nSPS) is 17.9. The number of nitrogens with zero attached hydrogens (tertiary/aromatic N) is 3. The van der Waals surface area contributed by atoms with Crippen molar-refractivity contribution in [3.05, 3.63) is 76.6 Å². The fourth-order valence-corrected chi connectivity index (χ4v) is 5.08. The average molecular weight is 470 g/mol.